The van der Waals surface area contributed by atoms with E-state index in [0.29, 0.717) is 13.0 Å². The van der Waals surface area contributed by atoms with Gasteiger partial charge in [0.2, 0.25) is 5.91 Å². The van der Waals surface area contributed by atoms with E-state index in [-0.39, 0.29) is 10.9 Å². The molecule has 0 aliphatic heterocycles. The first-order chi connectivity index (χ1) is 10.1. The fourth-order valence-electron chi connectivity index (χ4n) is 1.86. The number of rotatable bonds is 6. The molecule has 0 saturated carbocycles. The second-order valence-corrected chi connectivity index (χ2v) is 5.30. The number of thiophene rings is 1. The Labute approximate surface area is 126 Å². The minimum absolute atomic E-state index is 0.0598. The number of carbonyl (C=O) groups excluding carboxylic acids is 1. The van der Waals surface area contributed by atoms with E-state index in [1.807, 2.05) is 24.3 Å². The maximum atomic E-state index is 11.5. The van der Waals surface area contributed by atoms with E-state index < -0.39 is 4.92 Å². The van der Waals surface area contributed by atoms with Crippen molar-refractivity contribution in [3.05, 3.63) is 57.0 Å². The number of amides is 1. The van der Waals surface area contributed by atoms with Crippen LogP contribution in [0.5, 0.6) is 0 Å². The fourth-order valence-corrected chi connectivity index (χ4v) is 2.59. The molecule has 0 fully saturated rings. The third-order valence-corrected chi connectivity index (χ3v) is 3.88. The Kier molecular flexibility index (Phi) is 4.89. The van der Waals surface area contributed by atoms with Gasteiger partial charge in [0, 0.05) is 30.7 Å². The molecule has 0 aliphatic carbocycles. The molecule has 0 saturated heterocycles. The Morgan fingerprint density at radius 1 is 1.38 bits per heavy atom. The molecule has 1 amide bonds. The third kappa shape index (κ3) is 4.03. The number of hydrogen-bond donors (Lipinski definition) is 2. The van der Waals surface area contributed by atoms with Crippen LogP contribution in [0.3, 0.4) is 0 Å². The van der Waals surface area contributed by atoms with Gasteiger partial charge < -0.3 is 10.6 Å². The number of hydrogen-bond acceptors (Lipinski definition) is 5. The molecule has 2 aromatic rings. The highest BCUT2D eigenvalue weighted by Gasteiger charge is 2.10. The number of benzene rings is 1. The van der Waals surface area contributed by atoms with Crippen LogP contribution in [0.4, 0.5) is 10.7 Å². The molecule has 2 rings (SSSR count). The first-order valence-corrected chi connectivity index (χ1v) is 7.22. The van der Waals surface area contributed by atoms with E-state index in [9.17, 15) is 14.9 Å². The van der Waals surface area contributed by atoms with Gasteiger partial charge in [-0.2, -0.15) is 0 Å². The van der Waals surface area contributed by atoms with Gasteiger partial charge in [0.15, 0.2) is 0 Å². The molecule has 2 N–H and O–H groups in total. The van der Waals surface area contributed by atoms with Gasteiger partial charge in [0.05, 0.1) is 11.3 Å². The lowest BCUT2D eigenvalue weighted by Gasteiger charge is -2.10. The number of para-hydroxylation sites is 1. The molecular formula is C14H15N3O3S. The molecule has 1 aromatic carbocycles. The summed E-state index contributed by atoms with van der Waals surface area (Å²) >= 11 is 1.11. The quantitative estimate of drug-likeness (QED) is 0.634. The summed E-state index contributed by atoms with van der Waals surface area (Å²) in [4.78, 5) is 21.7. The number of likely N-dealkylation sites (N-methyl/N-ethyl adjacent to an activating group) is 1. The summed E-state index contributed by atoms with van der Waals surface area (Å²) in [7, 11) is 1.60. The van der Waals surface area contributed by atoms with Crippen molar-refractivity contribution in [2.75, 3.05) is 12.4 Å². The second kappa shape index (κ2) is 6.85. The summed E-state index contributed by atoms with van der Waals surface area (Å²) in [6.07, 6.45) is 0.295. The van der Waals surface area contributed by atoms with Crippen molar-refractivity contribution in [1.29, 1.82) is 0 Å². The summed E-state index contributed by atoms with van der Waals surface area (Å²) < 4.78 is 0. The smallest absolute Gasteiger partial charge is 0.324 e. The lowest BCUT2D eigenvalue weighted by Crippen LogP contribution is -2.20. The number of nitro groups is 1. The number of carbonyl (C=O) groups is 1. The Hall–Kier alpha value is -2.41. The highest BCUT2D eigenvalue weighted by atomic mass is 32.1. The van der Waals surface area contributed by atoms with Gasteiger partial charge in [-0.15, -0.1) is 0 Å². The van der Waals surface area contributed by atoms with Crippen molar-refractivity contribution in [2.45, 2.75) is 13.0 Å². The van der Waals surface area contributed by atoms with E-state index in [2.05, 4.69) is 10.6 Å². The van der Waals surface area contributed by atoms with Gasteiger partial charge in [-0.25, -0.2) is 0 Å². The lowest BCUT2D eigenvalue weighted by atomic mass is 10.1. The van der Waals surface area contributed by atoms with Gasteiger partial charge >= 0.3 is 5.00 Å². The molecule has 0 spiro atoms. The SMILES string of the molecule is CNC(=O)Cc1ccccc1NCc1csc([N+](=O)[O-])c1. The van der Waals surface area contributed by atoms with Crippen molar-refractivity contribution in [1.82, 2.24) is 5.32 Å². The van der Waals surface area contributed by atoms with Crippen molar-refractivity contribution >= 4 is 27.9 Å². The lowest BCUT2D eigenvalue weighted by molar-refractivity contribution is -0.380. The Balaban J connectivity index is 2.05. The second-order valence-electron chi connectivity index (χ2n) is 4.41. The number of nitrogens with one attached hydrogen (secondary N) is 2. The molecular weight excluding hydrogens is 290 g/mol. The predicted octanol–water partition coefficient (Wildman–Crippen LogP) is 2.56. The van der Waals surface area contributed by atoms with Gasteiger partial charge in [-0.1, -0.05) is 29.5 Å². The van der Waals surface area contributed by atoms with Crippen molar-refractivity contribution < 1.29 is 9.72 Å². The maximum Gasteiger partial charge on any atom is 0.324 e. The van der Waals surface area contributed by atoms with Crippen LogP contribution < -0.4 is 10.6 Å². The molecule has 0 aliphatic rings. The predicted molar refractivity (Wildman–Crippen MR) is 82.5 cm³/mol. The zero-order valence-corrected chi connectivity index (χ0v) is 12.3. The van der Waals surface area contributed by atoms with Crippen molar-refractivity contribution in [3.63, 3.8) is 0 Å². The normalized spacial score (nSPS) is 10.1. The molecule has 0 radical (unpaired) electrons. The zero-order valence-electron chi connectivity index (χ0n) is 11.5. The number of nitrogens with zero attached hydrogens (tertiary/aromatic N) is 1. The summed E-state index contributed by atoms with van der Waals surface area (Å²) in [5.74, 6) is -0.0598. The van der Waals surface area contributed by atoms with Crippen LogP contribution in [0, 0.1) is 10.1 Å². The Morgan fingerprint density at radius 2 is 2.14 bits per heavy atom. The minimum atomic E-state index is -0.395. The summed E-state index contributed by atoms with van der Waals surface area (Å²) in [5.41, 5.74) is 2.60. The third-order valence-electron chi connectivity index (χ3n) is 2.95. The molecule has 7 heteroatoms. The van der Waals surface area contributed by atoms with Crippen LogP contribution >= 0.6 is 11.3 Å². The van der Waals surface area contributed by atoms with E-state index in [0.717, 1.165) is 28.2 Å². The van der Waals surface area contributed by atoms with Gasteiger partial charge in [0.1, 0.15) is 0 Å². The fraction of sp³-hybridized carbons (Fsp3) is 0.214. The first kappa shape index (κ1) is 15.0. The van der Waals surface area contributed by atoms with Crippen LogP contribution in [-0.4, -0.2) is 17.9 Å². The van der Waals surface area contributed by atoms with E-state index in [4.69, 9.17) is 0 Å². The topological polar surface area (TPSA) is 84.3 Å². The van der Waals surface area contributed by atoms with Gasteiger partial charge in [0.25, 0.3) is 0 Å². The first-order valence-electron chi connectivity index (χ1n) is 6.34. The highest BCUT2D eigenvalue weighted by Crippen LogP contribution is 2.24. The Morgan fingerprint density at radius 3 is 2.81 bits per heavy atom. The highest BCUT2D eigenvalue weighted by molar-refractivity contribution is 7.13. The minimum Gasteiger partial charge on any atom is -0.381 e. The average Bonchev–Trinajstić information content (AvgIpc) is 2.95. The van der Waals surface area contributed by atoms with E-state index >= 15 is 0 Å². The van der Waals surface area contributed by atoms with Crippen LogP contribution in [0.1, 0.15) is 11.1 Å². The zero-order chi connectivity index (χ0) is 15.2. The van der Waals surface area contributed by atoms with Crippen molar-refractivity contribution in [2.24, 2.45) is 0 Å². The molecule has 0 atom stereocenters. The molecule has 1 heterocycles. The van der Waals surface area contributed by atoms with Gasteiger partial charge in [-0.05, 0) is 17.2 Å². The van der Waals surface area contributed by atoms with Gasteiger partial charge in [-0.3, -0.25) is 14.9 Å². The largest absolute Gasteiger partial charge is 0.381 e. The van der Waals surface area contributed by atoms with E-state index in [1.165, 1.54) is 0 Å². The molecule has 6 nitrogen and oxygen atoms in total. The van der Waals surface area contributed by atoms with Crippen LogP contribution in [-0.2, 0) is 17.8 Å². The monoisotopic (exact) mass is 305 g/mol. The molecule has 110 valence electrons. The van der Waals surface area contributed by atoms with Crippen LogP contribution in [0.25, 0.3) is 0 Å². The summed E-state index contributed by atoms with van der Waals surface area (Å²) in [5, 5.41) is 18.3. The average molecular weight is 305 g/mol. The number of anilines is 1. The summed E-state index contributed by atoms with van der Waals surface area (Å²) in [6, 6.07) is 9.08. The Bertz CT molecular complexity index is 654. The molecule has 0 unspecified atom stereocenters. The van der Waals surface area contributed by atoms with E-state index in [1.54, 1.807) is 18.5 Å². The molecule has 21 heavy (non-hydrogen) atoms. The van der Waals surface area contributed by atoms with Crippen molar-refractivity contribution in [3.8, 4) is 0 Å². The molecule has 0 bridgehead atoms. The summed E-state index contributed by atoms with van der Waals surface area (Å²) in [6.45, 7) is 0.481. The van der Waals surface area contributed by atoms with Crippen LogP contribution in [0.2, 0.25) is 0 Å². The maximum absolute atomic E-state index is 11.5. The molecule has 1 aromatic heterocycles. The standard InChI is InChI=1S/C14H15N3O3S/c1-15-13(18)7-11-4-2-3-5-12(11)16-8-10-6-14(17(19)20)21-9-10/h2-6,9,16H,7-8H2,1H3,(H,15,18). The van der Waals surface area contributed by atoms with Crippen LogP contribution in [0.15, 0.2) is 35.7 Å².